The van der Waals surface area contributed by atoms with E-state index in [4.69, 9.17) is 10.3 Å². The molecule has 0 fully saturated rings. The fourth-order valence-corrected chi connectivity index (χ4v) is 3.03. The summed E-state index contributed by atoms with van der Waals surface area (Å²) in [6, 6.07) is 0. The Labute approximate surface area is 127 Å². The molecule has 0 radical (unpaired) electrons. The van der Waals surface area contributed by atoms with E-state index in [0.29, 0.717) is 16.3 Å². The Morgan fingerprint density at radius 2 is 2.25 bits per heavy atom. The summed E-state index contributed by atoms with van der Waals surface area (Å²) in [6.45, 7) is 4.40. The van der Waals surface area contributed by atoms with E-state index >= 15 is 0 Å². The third kappa shape index (κ3) is 4.79. The molecule has 0 aliphatic carbocycles. The summed E-state index contributed by atoms with van der Waals surface area (Å²) in [7, 11) is 0. The average Bonchev–Trinajstić information content (AvgIpc) is 3.05. The van der Waals surface area contributed by atoms with Crippen LogP contribution in [-0.4, -0.2) is 20.4 Å². The minimum absolute atomic E-state index is 0.627. The molecule has 0 aliphatic rings. The van der Waals surface area contributed by atoms with Gasteiger partial charge in [-0.25, -0.2) is 4.98 Å². The molecule has 7 heteroatoms. The van der Waals surface area contributed by atoms with Crippen molar-refractivity contribution in [1.82, 2.24) is 15.1 Å². The van der Waals surface area contributed by atoms with Crippen LogP contribution in [0.5, 0.6) is 0 Å². The van der Waals surface area contributed by atoms with Gasteiger partial charge in [0.2, 0.25) is 5.89 Å². The minimum atomic E-state index is 0.627. The van der Waals surface area contributed by atoms with E-state index in [9.17, 15) is 0 Å². The molecule has 2 N–H and O–H groups in total. The second-order valence-electron chi connectivity index (χ2n) is 4.66. The Kier molecular flexibility index (Phi) is 5.85. The van der Waals surface area contributed by atoms with E-state index in [2.05, 4.69) is 29.0 Å². The number of nitrogen functional groups attached to an aromatic ring is 1. The van der Waals surface area contributed by atoms with Gasteiger partial charge in [0.05, 0.1) is 11.4 Å². The fraction of sp³-hybridized carbons (Fsp3) is 0.615. The Morgan fingerprint density at radius 1 is 1.40 bits per heavy atom. The van der Waals surface area contributed by atoms with Crippen molar-refractivity contribution in [3.63, 3.8) is 0 Å². The molecule has 2 aromatic heterocycles. The largest absolute Gasteiger partial charge is 0.375 e. The molecule has 110 valence electrons. The summed E-state index contributed by atoms with van der Waals surface area (Å²) in [5.74, 6) is 2.33. The number of thioether (sulfide) groups is 1. The van der Waals surface area contributed by atoms with Crippen LogP contribution in [0.2, 0.25) is 0 Å². The van der Waals surface area contributed by atoms with E-state index in [0.717, 1.165) is 43.0 Å². The first-order valence-electron chi connectivity index (χ1n) is 6.80. The van der Waals surface area contributed by atoms with Crippen LogP contribution in [0.3, 0.4) is 0 Å². The van der Waals surface area contributed by atoms with Gasteiger partial charge in [-0.05, 0) is 19.3 Å². The number of anilines is 1. The Morgan fingerprint density at radius 3 is 2.95 bits per heavy atom. The molecule has 0 saturated carbocycles. The number of nitrogens with two attached hydrogens (primary N) is 1. The topological polar surface area (TPSA) is 77.8 Å². The number of rotatable bonds is 8. The summed E-state index contributed by atoms with van der Waals surface area (Å²) in [6.07, 6.45) is 3.79. The van der Waals surface area contributed by atoms with Crippen LogP contribution in [-0.2, 0) is 18.6 Å². The molecular formula is C13H20N4OS2. The van der Waals surface area contributed by atoms with Gasteiger partial charge in [0.15, 0.2) is 11.0 Å². The van der Waals surface area contributed by atoms with Gasteiger partial charge in [-0.15, -0.1) is 11.3 Å². The van der Waals surface area contributed by atoms with Crippen molar-refractivity contribution < 1.29 is 4.52 Å². The Hall–Kier alpha value is -1.08. The highest BCUT2D eigenvalue weighted by Gasteiger charge is 2.08. The molecule has 5 nitrogen and oxygen atoms in total. The van der Waals surface area contributed by atoms with Gasteiger partial charge in [0, 0.05) is 17.1 Å². The van der Waals surface area contributed by atoms with Crippen LogP contribution in [0.25, 0.3) is 0 Å². The zero-order valence-corrected chi connectivity index (χ0v) is 13.5. The third-order valence-corrected chi connectivity index (χ3v) is 5.03. The summed E-state index contributed by atoms with van der Waals surface area (Å²) in [5.41, 5.74) is 6.64. The van der Waals surface area contributed by atoms with Crippen molar-refractivity contribution >= 4 is 28.2 Å². The summed E-state index contributed by atoms with van der Waals surface area (Å²) < 4.78 is 5.26. The smallest absolute Gasteiger partial charge is 0.226 e. The van der Waals surface area contributed by atoms with Gasteiger partial charge >= 0.3 is 0 Å². The van der Waals surface area contributed by atoms with Crippen LogP contribution in [0.4, 0.5) is 5.13 Å². The number of hydrogen-bond acceptors (Lipinski definition) is 7. The van der Waals surface area contributed by atoms with Gasteiger partial charge in [-0.2, -0.15) is 16.7 Å². The first-order chi connectivity index (χ1) is 9.67. The molecule has 0 spiro atoms. The maximum absolute atomic E-state index is 5.60. The van der Waals surface area contributed by atoms with Gasteiger partial charge in [0.25, 0.3) is 0 Å². The van der Waals surface area contributed by atoms with Crippen molar-refractivity contribution in [3.05, 3.63) is 22.8 Å². The highest BCUT2D eigenvalue weighted by molar-refractivity contribution is 7.99. The van der Waals surface area contributed by atoms with Gasteiger partial charge in [0.1, 0.15) is 0 Å². The lowest BCUT2D eigenvalue weighted by molar-refractivity contribution is 0.371. The SMILES string of the molecule is CCC(C)SCc1noc(CCCc2csc(N)n2)n1. The molecule has 0 saturated heterocycles. The maximum Gasteiger partial charge on any atom is 0.226 e. The van der Waals surface area contributed by atoms with E-state index in [1.54, 1.807) is 0 Å². The molecular weight excluding hydrogens is 292 g/mol. The molecule has 2 aromatic rings. The molecule has 0 bridgehead atoms. The first kappa shape index (κ1) is 15.3. The monoisotopic (exact) mass is 312 g/mol. The van der Waals surface area contributed by atoms with Gasteiger partial charge < -0.3 is 10.3 Å². The quantitative estimate of drug-likeness (QED) is 0.805. The molecule has 1 unspecified atom stereocenters. The number of thiazole rings is 1. The number of aryl methyl sites for hydroxylation is 2. The average molecular weight is 312 g/mol. The number of aromatic nitrogens is 3. The summed E-state index contributed by atoms with van der Waals surface area (Å²) >= 11 is 3.34. The van der Waals surface area contributed by atoms with Crippen molar-refractivity contribution in [2.45, 2.75) is 50.5 Å². The van der Waals surface area contributed by atoms with Crippen molar-refractivity contribution in [2.75, 3.05) is 5.73 Å². The van der Waals surface area contributed by atoms with Crippen molar-refractivity contribution in [2.24, 2.45) is 0 Å². The predicted molar refractivity (Wildman–Crippen MR) is 83.9 cm³/mol. The van der Waals surface area contributed by atoms with E-state index < -0.39 is 0 Å². The molecule has 0 amide bonds. The van der Waals surface area contributed by atoms with Gasteiger partial charge in [-0.3, -0.25) is 0 Å². The van der Waals surface area contributed by atoms with Crippen LogP contribution in [0, 0.1) is 0 Å². The lowest BCUT2D eigenvalue weighted by Crippen LogP contribution is -1.95. The Bertz CT molecular complexity index is 526. The summed E-state index contributed by atoms with van der Waals surface area (Å²) in [4.78, 5) is 8.64. The zero-order chi connectivity index (χ0) is 14.4. The van der Waals surface area contributed by atoms with Gasteiger partial charge in [-0.1, -0.05) is 19.0 Å². The maximum atomic E-state index is 5.60. The molecule has 2 heterocycles. The van der Waals surface area contributed by atoms with Crippen LogP contribution < -0.4 is 5.73 Å². The second kappa shape index (κ2) is 7.64. The Balaban J connectivity index is 1.72. The fourth-order valence-electron chi connectivity index (χ4n) is 1.64. The normalized spacial score (nSPS) is 12.7. The molecule has 0 aromatic carbocycles. The van der Waals surface area contributed by atoms with Crippen LogP contribution in [0.15, 0.2) is 9.90 Å². The van der Waals surface area contributed by atoms with E-state index in [-0.39, 0.29) is 0 Å². The van der Waals surface area contributed by atoms with E-state index in [1.165, 1.54) is 11.3 Å². The standard InChI is InChI=1S/C13H20N4OS2/c1-3-9(2)19-8-11-16-12(18-17-11)6-4-5-10-7-20-13(14)15-10/h7,9H,3-6,8H2,1-2H3,(H2,14,15). The highest BCUT2D eigenvalue weighted by Crippen LogP contribution is 2.18. The molecule has 2 rings (SSSR count). The van der Waals surface area contributed by atoms with Crippen LogP contribution >= 0.6 is 23.1 Å². The van der Waals surface area contributed by atoms with Crippen LogP contribution in [0.1, 0.15) is 44.1 Å². The van der Waals surface area contributed by atoms with E-state index in [1.807, 2.05) is 17.1 Å². The first-order valence-corrected chi connectivity index (χ1v) is 8.73. The highest BCUT2D eigenvalue weighted by atomic mass is 32.2. The van der Waals surface area contributed by atoms with Crippen molar-refractivity contribution in [3.8, 4) is 0 Å². The second-order valence-corrected chi connectivity index (χ2v) is 6.98. The number of nitrogens with zero attached hydrogens (tertiary/aromatic N) is 3. The zero-order valence-electron chi connectivity index (χ0n) is 11.8. The molecule has 20 heavy (non-hydrogen) atoms. The number of hydrogen-bond donors (Lipinski definition) is 1. The lowest BCUT2D eigenvalue weighted by Gasteiger charge is -2.04. The van der Waals surface area contributed by atoms with Crippen molar-refractivity contribution in [1.29, 1.82) is 0 Å². The third-order valence-electron chi connectivity index (χ3n) is 2.98. The lowest BCUT2D eigenvalue weighted by atomic mass is 10.2. The molecule has 0 aliphatic heterocycles. The minimum Gasteiger partial charge on any atom is -0.375 e. The molecule has 1 atom stereocenters. The summed E-state index contributed by atoms with van der Waals surface area (Å²) in [5, 5.41) is 7.27. The predicted octanol–water partition coefficient (Wildman–Crippen LogP) is 3.32.